The second kappa shape index (κ2) is 8.92. The Morgan fingerprint density at radius 3 is 2.76 bits per heavy atom. The molecule has 0 aliphatic rings. The van der Waals surface area contributed by atoms with Gasteiger partial charge in [0.1, 0.15) is 5.82 Å². The lowest BCUT2D eigenvalue weighted by atomic mass is 10.1. The SMILES string of the molecule is CCn1c(CCNC(=O)Cc2c(C)nn(-c3ccc(C)c(Cl)c3)c2C)n[nH]c1=S. The van der Waals surface area contributed by atoms with E-state index < -0.39 is 0 Å². The number of aromatic nitrogens is 5. The van der Waals surface area contributed by atoms with Crippen LogP contribution in [0.4, 0.5) is 0 Å². The first kappa shape index (κ1) is 21.3. The number of aryl methyl sites for hydroxylation is 2. The van der Waals surface area contributed by atoms with Crippen LogP contribution in [0.25, 0.3) is 5.69 Å². The van der Waals surface area contributed by atoms with Gasteiger partial charge in [-0.25, -0.2) is 4.68 Å². The van der Waals surface area contributed by atoms with Crippen LogP contribution in [0, 0.1) is 25.5 Å². The Kier molecular flexibility index (Phi) is 6.54. The molecule has 0 fully saturated rings. The Morgan fingerprint density at radius 2 is 2.07 bits per heavy atom. The Balaban J connectivity index is 1.66. The molecular formula is C20H25ClN6OS. The zero-order chi connectivity index (χ0) is 21.1. The van der Waals surface area contributed by atoms with Crippen molar-refractivity contribution >= 4 is 29.7 Å². The van der Waals surface area contributed by atoms with E-state index in [1.807, 2.05) is 55.1 Å². The number of hydrogen-bond donors (Lipinski definition) is 2. The van der Waals surface area contributed by atoms with E-state index in [9.17, 15) is 4.79 Å². The van der Waals surface area contributed by atoms with Crippen LogP contribution in [0.5, 0.6) is 0 Å². The van der Waals surface area contributed by atoms with Crippen molar-refractivity contribution < 1.29 is 4.79 Å². The van der Waals surface area contributed by atoms with Crippen LogP contribution in [-0.4, -0.2) is 37.0 Å². The molecule has 7 nitrogen and oxygen atoms in total. The lowest BCUT2D eigenvalue weighted by Crippen LogP contribution is -2.28. The number of carbonyl (C=O) groups is 1. The molecule has 1 aromatic carbocycles. The van der Waals surface area contributed by atoms with Crippen LogP contribution < -0.4 is 5.32 Å². The minimum atomic E-state index is -0.0464. The summed E-state index contributed by atoms with van der Waals surface area (Å²) in [6.45, 7) is 9.11. The van der Waals surface area contributed by atoms with Gasteiger partial charge in [0.05, 0.1) is 17.8 Å². The topological polar surface area (TPSA) is 80.5 Å². The Hall–Kier alpha value is -2.45. The summed E-state index contributed by atoms with van der Waals surface area (Å²) in [5.41, 5.74) is 4.59. The van der Waals surface area contributed by atoms with E-state index in [2.05, 4.69) is 20.6 Å². The smallest absolute Gasteiger partial charge is 0.224 e. The molecule has 2 heterocycles. The maximum atomic E-state index is 12.5. The second-order valence-electron chi connectivity index (χ2n) is 6.96. The van der Waals surface area contributed by atoms with Crippen LogP contribution in [0.3, 0.4) is 0 Å². The molecular weight excluding hydrogens is 408 g/mol. The van der Waals surface area contributed by atoms with Crippen molar-refractivity contribution in [3.63, 3.8) is 0 Å². The van der Waals surface area contributed by atoms with Crippen LogP contribution >= 0.6 is 23.8 Å². The van der Waals surface area contributed by atoms with E-state index in [1.54, 1.807) is 0 Å². The fraction of sp³-hybridized carbons (Fsp3) is 0.400. The number of benzene rings is 1. The molecule has 0 unspecified atom stereocenters. The molecule has 154 valence electrons. The molecule has 0 spiro atoms. The van der Waals surface area contributed by atoms with Gasteiger partial charge in [0.25, 0.3) is 0 Å². The summed E-state index contributed by atoms with van der Waals surface area (Å²) in [5, 5.41) is 15.3. The van der Waals surface area contributed by atoms with Gasteiger partial charge in [0.15, 0.2) is 4.77 Å². The molecule has 0 bridgehead atoms. The van der Waals surface area contributed by atoms with Crippen LogP contribution in [0.1, 0.15) is 35.3 Å². The van der Waals surface area contributed by atoms with Gasteiger partial charge < -0.3 is 9.88 Å². The first-order valence-electron chi connectivity index (χ1n) is 9.54. The largest absolute Gasteiger partial charge is 0.355 e. The third-order valence-electron chi connectivity index (χ3n) is 5.00. The fourth-order valence-electron chi connectivity index (χ4n) is 3.30. The number of rotatable bonds is 7. The van der Waals surface area contributed by atoms with Gasteiger partial charge in [-0.1, -0.05) is 17.7 Å². The maximum absolute atomic E-state index is 12.5. The molecule has 29 heavy (non-hydrogen) atoms. The number of H-pyrrole nitrogens is 1. The Morgan fingerprint density at radius 1 is 1.31 bits per heavy atom. The van der Waals surface area contributed by atoms with Gasteiger partial charge in [0.2, 0.25) is 5.91 Å². The van der Waals surface area contributed by atoms with Crippen molar-refractivity contribution in [3.8, 4) is 5.69 Å². The summed E-state index contributed by atoms with van der Waals surface area (Å²) in [5.74, 6) is 0.795. The van der Waals surface area contributed by atoms with Gasteiger partial charge in [-0.15, -0.1) is 0 Å². The summed E-state index contributed by atoms with van der Waals surface area (Å²) in [6, 6.07) is 5.83. The van der Waals surface area contributed by atoms with Gasteiger partial charge in [-0.2, -0.15) is 10.2 Å². The van der Waals surface area contributed by atoms with Gasteiger partial charge >= 0.3 is 0 Å². The Labute approximate surface area is 180 Å². The Bertz CT molecular complexity index is 1100. The number of hydrogen-bond acceptors (Lipinski definition) is 4. The monoisotopic (exact) mass is 432 g/mol. The van der Waals surface area contributed by atoms with Crippen molar-refractivity contribution in [1.29, 1.82) is 0 Å². The summed E-state index contributed by atoms with van der Waals surface area (Å²) in [4.78, 5) is 12.5. The first-order valence-corrected chi connectivity index (χ1v) is 10.3. The third kappa shape index (κ3) is 4.59. The number of aromatic amines is 1. The molecule has 0 atom stereocenters. The molecule has 9 heteroatoms. The molecule has 0 aliphatic heterocycles. The molecule has 0 saturated carbocycles. The van der Waals surface area contributed by atoms with Crippen LogP contribution in [0.2, 0.25) is 5.02 Å². The standard InChI is InChI=1S/C20H25ClN6OS/c1-5-26-18(23-24-20(26)29)8-9-22-19(28)11-16-13(3)25-27(14(16)4)15-7-6-12(2)17(21)10-15/h6-7,10H,5,8-9,11H2,1-4H3,(H,22,28)(H,24,29). The van der Waals surface area contributed by atoms with Crippen molar-refractivity contribution in [2.45, 2.75) is 47.1 Å². The maximum Gasteiger partial charge on any atom is 0.224 e. The molecule has 0 saturated heterocycles. The molecule has 3 rings (SSSR count). The minimum Gasteiger partial charge on any atom is -0.355 e. The van der Waals surface area contributed by atoms with Crippen LogP contribution in [-0.2, 0) is 24.2 Å². The molecule has 2 aromatic heterocycles. The van der Waals surface area contributed by atoms with Gasteiger partial charge in [-0.05, 0) is 57.6 Å². The highest BCUT2D eigenvalue weighted by Gasteiger charge is 2.16. The third-order valence-corrected chi connectivity index (χ3v) is 5.72. The number of halogens is 1. The lowest BCUT2D eigenvalue weighted by molar-refractivity contribution is -0.120. The van der Waals surface area contributed by atoms with Crippen molar-refractivity contribution in [2.75, 3.05) is 6.54 Å². The fourth-order valence-corrected chi connectivity index (χ4v) is 3.75. The zero-order valence-corrected chi connectivity index (χ0v) is 18.6. The van der Waals surface area contributed by atoms with E-state index in [0.29, 0.717) is 22.8 Å². The number of amides is 1. The lowest BCUT2D eigenvalue weighted by Gasteiger charge is -2.08. The highest BCUT2D eigenvalue weighted by Crippen LogP contribution is 2.23. The highest BCUT2D eigenvalue weighted by molar-refractivity contribution is 7.71. The molecule has 3 aromatic rings. The van der Waals surface area contributed by atoms with E-state index in [0.717, 1.165) is 40.6 Å². The molecule has 1 amide bonds. The number of nitrogens with one attached hydrogen (secondary N) is 2. The average molecular weight is 433 g/mol. The van der Waals surface area contributed by atoms with E-state index in [1.165, 1.54) is 0 Å². The zero-order valence-electron chi connectivity index (χ0n) is 17.0. The molecule has 0 radical (unpaired) electrons. The van der Waals surface area contributed by atoms with Crippen molar-refractivity contribution in [2.24, 2.45) is 0 Å². The molecule has 2 N–H and O–H groups in total. The first-order chi connectivity index (χ1) is 13.8. The summed E-state index contributed by atoms with van der Waals surface area (Å²) >= 11 is 11.4. The van der Waals surface area contributed by atoms with Crippen LogP contribution in [0.15, 0.2) is 18.2 Å². The average Bonchev–Trinajstić information content (AvgIpc) is 3.18. The normalized spacial score (nSPS) is 11.1. The highest BCUT2D eigenvalue weighted by atomic mass is 35.5. The molecule has 0 aliphatic carbocycles. The van der Waals surface area contributed by atoms with E-state index >= 15 is 0 Å². The summed E-state index contributed by atoms with van der Waals surface area (Å²) in [6.07, 6.45) is 0.893. The quantitative estimate of drug-likeness (QED) is 0.558. The second-order valence-corrected chi connectivity index (χ2v) is 7.75. The number of nitrogens with zero attached hydrogens (tertiary/aromatic N) is 4. The van der Waals surface area contributed by atoms with Crippen molar-refractivity contribution in [1.82, 2.24) is 29.9 Å². The predicted octanol–water partition coefficient (Wildman–Crippen LogP) is 3.63. The van der Waals surface area contributed by atoms with Gasteiger partial charge in [0, 0.05) is 35.8 Å². The van der Waals surface area contributed by atoms with E-state index in [-0.39, 0.29) is 12.3 Å². The summed E-state index contributed by atoms with van der Waals surface area (Å²) in [7, 11) is 0. The van der Waals surface area contributed by atoms with E-state index in [4.69, 9.17) is 23.8 Å². The van der Waals surface area contributed by atoms with Crippen molar-refractivity contribution in [3.05, 3.63) is 56.3 Å². The number of carbonyl (C=O) groups excluding carboxylic acids is 1. The predicted molar refractivity (Wildman–Crippen MR) is 116 cm³/mol. The van der Waals surface area contributed by atoms with Gasteiger partial charge in [-0.3, -0.25) is 9.89 Å². The summed E-state index contributed by atoms with van der Waals surface area (Å²) < 4.78 is 4.36. The minimum absolute atomic E-state index is 0.0464.